The van der Waals surface area contributed by atoms with Crippen molar-refractivity contribution in [2.24, 2.45) is 11.1 Å². The van der Waals surface area contributed by atoms with Crippen LogP contribution in [-0.2, 0) is 16.1 Å². The fraction of sp³-hybridized carbons (Fsp3) is 0.647. The van der Waals surface area contributed by atoms with Crippen molar-refractivity contribution in [3.63, 3.8) is 0 Å². The largest absolute Gasteiger partial charge is 0.468 e. The number of nitrogens with two attached hydrogens (primary N) is 1. The molecule has 0 radical (unpaired) electrons. The van der Waals surface area contributed by atoms with Gasteiger partial charge in [0.2, 0.25) is 11.8 Å². The topological polar surface area (TPSA) is 86.5 Å². The highest BCUT2D eigenvalue weighted by atomic mass is 19.4. The molecule has 26 heavy (non-hydrogen) atoms. The molecular formula is C17H24F3N3O3. The molecule has 1 aromatic heterocycles. The van der Waals surface area contributed by atoms with Crippen LogP contribution < -0.4 is 15.8 Å². The van der Waals surface area contributed by atoms with Gasteiger partial charge in [0, 0.05) is 37.3 Å². The predicted molar refractivity (Wildman–Crippen MR) is 88.4 cm³/mol. The molecule has 1 amide bonds. The first-order chi connectivity index (χ1) is 12.0. The fourth-order valence-corrected chi connectivity index (χ4v) is 2.96. The van der Waals surface area contributed by atoms with Crippen molar-refractivity contribution in [3.8, 4) is 5.88 Å². The van der Waals surface area contributed by atoms with Crippen LogP contribution in [0.5, 0.6) is 5.88 Å². The molecule has 6 nitrogen and oxygen atoms in total. The van der Waals surface area contributed by atoms with Crippen LogP contribution in [-0.4, -0.2) is 41.9 Å². The molecule has 2 rings (SSSR count). The first kappa shape index (κ1) is 20.4. The number of halogens is 3. The number of rotatable bonds is 7. The Hall–Kier alpha value is -1.87. The van der Waals surface area contributed by atoms with Gasteiger partial charge in [0.15, 0.2) is 6.61 Å². The van der Waals surface area contributed by atoms with Gasteiger partial charge in [-0.25, -0.2) is 4.98 Å². The minimum Gasteiger partial charge on any atom is -0.468 e. The van der Waals surface area contributed by atoms with Crippen molar-refractivity contribution in [2.75, 3.05) is 13.2 Å². The lowest BCUT2D eigenvalue weighted by Gasteiger charge is -2.57. The van der Waals surface area contributed by atoms with E-state index in [1.165, 1.54) is 12.3 Å². The number of pyridine rings is 1. The average molecular weight is 375 g/mol. The molecule has 2 atom stereocenters. The average Bonchev–Trinajstić information content (AvgIpc) is 2.57. The summed E-state index contributed by atoms with van der Waals surface area (Å²) in [7, 11) is 0. The van der Waals surface area contributed by atoms with Crippen LogP contribution >= 0.6 is 0 Å². The number of amides is 1. The summed E-state index contributed by atoms with van der Waals surface area (Å²) in [5.74, 6) is -0.482. The zero-order valence-electron chi connectivity index (χ0n) is 15.0. The normalized spacial score (nSPS) is 24.7. The smallest absolute Gasteiger partial charge is 0.422 e. The van der Waals surface area contributed by atoms with E-state index >= 15 is 0 Å². The monoisotopic (exact) mass is 375 g/mol. The first-order valence-corrected chi connectivity index (χ1v) is 8.33. The molecule has 0 spiro atoms. The van der Waals surface area contributed by atoms with Gasteiger partial charge in [-0.2, -0.15) is 13.2 Å². The van der Waals surface area contributed by atoms with Gasteiger partial charge >= 0.3 is 6.18 Å². The molecule has 3 N–H and O–H groups in total. The summed E-state index contributed by atoms with van der Waals surface area (Å²) in [6.07, 6.45) is -2.80. The summed E-state index contributed by atoms with van der Waals surface area (Å²) in [6, 6.07) is 2.93. The number of nitrogens with one attached hydrogen (secondary N) is 1. The Morgan fingerprint density at radius 3 is 2.73 bits per heavy atom. The van der Waals surface area contributed by atoms with E-state index in [0.717, 1.165) is 0 Å². The zero-order chi connectivity index (χ0) is 19.6. The van der Waals surface area contributed by atoms with Crippen molar-refractivity contribution < 1.29 is 27.4 Å². The van der Waals surface area contributed by atoms with E-state index in [1.807, 2.05) is 20.8 Å². The molecule has 0 saturated heterocycles. The predicted octanol–water partition coefficient (Wildman–Crippen LogP) is 2.17. The summed E-state index contributed by atoms with van der Waals surface area (Å²) in [5, 5.41) is 2.73. The second-order valence-electron chi connectivity index (χ2n) is 6.93. The molecule has 0 bridgehead atoms. The Labute approximate surface area is 150 Å². The Kier molecular flexibility index (Phi) is 5.82. The van der Waals surface area contributed by atoms with Crippen LogP contribution in [0.3, 0.4) is 0 Å². The molecule has 1 aliphatic carbocycles. The van der Waals surface area contributed by atoms with E-state index in [0.29, 0.717) is 18.6 Å². The van der Waals surface area contributed by atoms with Crippen molar-refractivity contribution >= 4 is 5.91 Å². The molecule has 0 aliphatic heterocycles. The molecular weight excluding hydrogens is 351 g/mol. The maximum Gasteiger partial charge on any atom is 0.422 e. The summed E-state index contributed by atoms with van der Waals surface area (Å²) < 4.78 is 46.8. The molecule has 146 valence electrons. The Bertz CT molecular complexity index is 652. The molecule has 1 aliphatic rings. The minimum atomic E-state index is -4.44. The van der Waals surface area contributed by atoms with Crippen LogP contribution in [0.1, 0.15) is 32.8 Å². The van der Waals surface area contributed by atoms with E-state index < -0.39 is 23.7 Å². The van der Waals surface area contributed by atoms with Gasteiger partial charge in [0.1, 0.15) is 5.54 Å². The maximum atomic E-state index is 12.5. The van der Waals surface area contributed by atoms with Gasteiger partial charge in [-0.05, 0) is 18.6 Å². The number of aromatic nitrogens is 1. The third-order valence-electron chi connectivity index (χ3n) is 4.87. The van der Waals surface area contributed by atoms with Gasteiger partial charge in [-0.15, -0.1) is 0 Å². The van der Waals surface area contributed by atoms with Crippen LogP contribution in [0.4, 0.5) is 13.2 Å². The summed E-state index contributed by atoms with van der Waals surface area (Å²) >= 11 is 0. The molecule has 9 heteroatoms. The lowest BCUT2D eigenvalue weighted by atomic mass is 9.54. The number of nitrogens with zero attached hydrogens (tertiary/aromatic N) is 1. The number of carbonyl (C=O) groups is 1. The highest BCUT2D eigenvalue weighted by molar-refractivity contribution is 5.88. The Morgan fingerprint density at radius 1 is 1.46 bits per heavy atom. The van der Waals surface area contributed by atoms with Crippen molar-refractivity contribution in [2.45, 2.75) is 51.6 Å². The van der Waals surface area contributed by atoms with Gasteiger partial charge < -0.3 is 20.5 Å². The van der Waals surface area contributed by atoms with Crippen LogP contribution in [0.2, 0.25) is 0 Å². The van der Waals surface area contributed by atoms with Gasteiger partial charge in [0.25, 0.3) is 0 Å². The van der Waals surface area contributed by atoms with Gasteiger partial charge in [0.05, 0.1) is 6.10 Å². The molecule has 1 fully saturated rings. The SMILES string of the molecule is CCOC1CC(N)(C(=O)NCc2ccnc(OCC(F)(F)F)c2)C1(C)C. The molecule has 0 aromatic carbocycles. The number of carbonyl (C=O) groups excluding carboxylic acids is 1. The second kappa shape index (κ2) is 7.40. The van der Waals surface area contributed by atoms with E-state index in [2.05, 4.69) is 15.0 Å². The van der Waals surface area contributed by atoms with E-state index in [1.54, 1.807) is 6.07 Å². The molecule has 1 saturated carbocycles. The van der Waals surface area contributed by atoms with Crippen molar-refractivity contribution in [3.05, 3.63) is 23.9 Å². The summed E-state index contributed by atoms with van der Waals surface area (Å²) in [5.41, 5.74) is 5.26. The highest BCUT2D eigenvalue weighted by Gasteiger charge is 2.62. The minimum absolute atomic E-state index is 0.0912. The molecule has 1 aromatic rings. The highest BCUT2D eigenvalue weighted by Crippen LogP contribution is 2.49. The van der Waals surface area contributed by atoms with Crippen molar-refractivity contribution in [1.29, 1.82) is 0 Å². The lowest BCUT2D eigenvalue weighted by molar-refractivity contribution is -0.170. The Balaban J connectivity index is 1.94. The standard InChI is InChI=1S/C17H24F3N3O3/c1-4-25-12-8-16(21,15(12,2)3)14(24)23-9-11-5-6-22-13(7-11)26-10-17(18,19)20/h5-7,12H,4,8-10,21H2,1-3H3,(H,23,24). The third-order valence-corrected chi connectivity index (χ3v) is 4.87. The first-order valence-electron chi connectivity index (χ1n) is 8.33. The number of alkyl halides is 3. The maximum absolute atomic E-state index is 12.5. The lowest BCUT2D eigenvalue weighted by Crippen LogP contribution is -2.75. The van der Waals surface area contributed by atoms with Crippen molar-refractivity contribution in [1.82, 2.24) is 10.3 Å². The molecule has 2 unspecified atom stereocenters. The fourth-order valence-electron chi connectivity index (χ4n) is 2.96. The van der Waals surface area contributed by atoms with E-state index in [-0.39, 0.29) is 24.4 Å². The summed E-state index contributed by atoms with van der Waals surface area (Å²) in [4.78, 5) is 16.3. The quantitative estimate of drug-likeness (QED) is 0.763. The van der Waals surface area contributed by atoms with E-state index in [4.69, 9.17) is 10.5 Å². The third kappa shape index (κ3) is 4.27. The zero-order valence-corrected chi connectivity index (χ0v) is 15.0. The number of ether oxygens (including phenoxy) is 2. The van der Waals surface area contributed by atoms with Crippen LogP contribution in [0.25, 0.3) is 0 Å². The van der Waals surface area contributed by atoms with E-state index in [9.17, 15) is 18.0 Å². The van der Waals surface area contributed by atoms with Gasteiger partial charge in [-0.1, -0.05) is 13.8 Å². The van der Waals surface area contributed by atoms with Crippen LogP contribution in [0, 0.1) is 5.41 Å². The number of hydrogen-bond acceptors (Lipinski definition) is 5. The number of hydrogen-bond donors (Lipinski definition) is 2. The molecule has 1 heterocycles. The summed E-state index contributed by atoms with van der Waals surface area (Å²) in [6.45, 7) is 4.88. The van der Waals surface area contributed by atoms with Gasteiger partial charge in [-0.3, -0.25) is 4.79 Å². The van der Waals surface area contributed by atoms with Crippen LogP contribution in [0.15, 0.2) is 18.3 Å². The second-order valence-corrected chi connectivity index (χ2v) is 6.93. The Morgan fingerprint density at radius 2 is 2.15 bits per heavy atom.